The molecule has 5 rings (SSSR count). The molecular weight excluding hydrogens is 440 g/mol. The SMILES string of the molecule is Cn1cc(-c2cnc3c(c2)NC[C@H]([C@H](NCCc2ccc(C#N)cc2)c2ccccc2)S3)cn1. The van der Waals surface area contributed by atoms with E-state index in [1.165, 1.54) is 11.1 Å². The van der Waals surface area contributed by atoms with Crippen molar-refractivity contribution >= 4 is 17.4 Å². The predicted octanol–water partition coefficient (Wildman–Crippen LogP) is 4.81. The summed E-state index contributed by atoms with van der Waals surface area (Å²) >= 11 is 1.83. The summed E-state index contributed by atoms with van der Waals surface area (Å²) in [7, 11) is 1.92. The summed E-state index contributed by atoms with van der Waals surface area (Å²) in [6.45, 7) is 1.70. The van der Waals surface area contributed by atoms with E-state index in [0.717, 1.165) is 41.4 Å². The van der Waals surface area contributed by atoms with Crippen LogP contribution in [-0.4, -0.2) is 33.1 Å². The number of hydrogen-bond donors (Lipinski definition) is 2. The van der Waals surface area contributed by atoms with E-state index in [2.05, 4.69) is 58.2 Å². The number of nitriles is 1. The average Bonchev–Trinajstić information content (AvgIpc) is 3.33. The van der Waals surface area contributed by atoms with Gasteiger partial charge in [0.05, 0.1) is 23.5 Å². The molecule has 34 heavy (non-hydrogen) atoms. The minimum Gasteiger partial charge on any atom is -0.382 e. The second-order valence-corrected chi connectivity index (χ2v) is 9.65. The lowest BCUT2D eigenvalue weighted by molar-refractivity contribution is 0.522. The first-order valence-electron chi connectivity index (χ1n) is 11.4. The highest BCUT2D eigenvalue weighted by Gasteiger charge is 2.29. The van der Waals surface area contributed by atoms with E-state index in [1.54, 1.807) is 4.68 Å². The van der Waals surface area contributed by atoms with Crippen molar-refractivity contribution in [3.8, 4) is 17.2 Å². The number of anilines is 1. The normalized spacial score (nSPS) is 15.7. The Morgan fingerprint density at radius 2 is 1.97 bits per heavy atom. The fourth-order valence-corrected chi connectivity index (χ4v) is 5.44. The van der Waals surface area contributed by atoms with E-state index in [9.17, 15) is 0 Å². The largest absolute Gasteiger partial charge is 0.382 e. The van der Waals surface area contributed by atoms with Gasteiger partial charge in [-0.2, -0.15) is 10.4 Å². The lowest BCUT2D eigenvalue weighted by Crippen LogP contribution is -2.37. The minimum absolute atomic E-state index is 0.185. The molecule has 6 nitrogen and oxygen atoms in total. The second-order valence-electron chi connectivity index (χ2n) is 8.42. The standard InChI is InChI=1S/C27H26N6S/c1-33-18-23(16-32-33)22-13-24-27(31-15-22)34-25(17-30-24)26(21-5-3-2-4-6-21)29-12-11-19-7-9-20(14-28)10-8-19/h2-10,13,15-16,18,25-26,29-30H,11-12,17H2,1H3/t25-,26-/m1/s1. The van der Waals surface area contributed by atoms with Crippen molar-refractivity contribution in [2.45, 2.75) is 22.7 Å². The van der Waals surface area contributed by atoms with E-state index < -0.39 is 0 Å². The molecule has 0 bridgehead atoms. The van der Waals surface area contributed by atoms with Gasteiger partial charge in [-0.25, -0.2) is 4.98 Å². The highest BCUT2D eigenvalue weighted by atomic mass is 32.2. The average molecular weight is 467 g/mol. The van der Waals surface area contributed by atoms with Gasteiger partial charge >= 0.3 is 0 Å². The van der Waals surface area contributed by atoms with Gasteiger partial charge in [0.25, 0.3) is 0 Å². The van der Waals surface area contributed by atoms with E-state index in [4.69, 9.17) is 10.2 Å². The summed E-state index contributed by atoms with van der Waals surface area (Å²) in [5.41, 5.74) is 6.41. The molecule has 0 unspecified atom stereocenters. The lowest BCUT2D eigenvalue weighted by atomic mass is 10.0. The molecule has 0 spiro atoms. The van der Waals surface area contributed by atoms with Crippen molar-refractivity contribution in [1.82, 2.24) is 20.1 Å². The Morgan fingerprint density at radius 3 is 2.71 bits per heavy atom. The smallest absolute Gasteiger partial charge is 0.120 e. The van der Waals surface area contributed by atoms with Crippen LogP contribution in [0.25, 0.3) is 11.1 Å². The van der Waals surface area contributed by atoms with Gasteiger partial charge in [-0.1, -0.05) is 54.2 Å². The third-order valence-electron chi connectivity index (χ3n) is 6.04. The Bertz CT molecular complexity index is 1290. The molecule has 2 aromatic carbocycles. The maximum atomic E-state index is 9.01. The van der Waals surface area contributed by atoms with Gasteiger partial charge < -0.3 is 10.6 Å². The van der Waals surface area contributed by atoms with Gasteiger partial charge in [-0.3, -0.25) is 4.68 Å². The number of nitrogens with zero attached hydrogens (tertiary/aromatic N) is 4. The molecule has 170 valence electrons. The van der Waals surface area contributed by atoms with E-state index in [1.807, 2.05) is 61.7 Å². The van der Waals surface area contributed by atoms with Crippen LogP contribution in [0, 0.1) is 11.3 Å². The molecule has 0 saturated heterocycles. The van der Waals surface area contributed by atoms with E-state index in [0.29, 0.717) is 10.8 Å². The van der Waals surface area contributed by atoms with Gasteiger partial charge in [0.2, 0.25) is 0 Å². The van der Waals surface area contributed by atoms with Crippen LogP contribution in [0.1, 0.15) is 22.7 Å². The van der Waals surface area contributed by atoms with Crippen molar-refractivity contribution in [1.29, 1.82) is 5.26 Å². The second kappa shape index (κ2) is 10.1. The molecule has 2 N–H and O–H groups in total. The lowest BCUT2D eigenvalue weighted by Gasteiger charge is -2.32. The van der Waals surface area contributed by atoms with Crippen LogP contribution < -0.4 is 10.6 Å². The number of pyridine rings is 1. The van der Waals surface area contributed by atoms with E-state index in [-0.39, 0.29) is 6.04 Å². The number of aromatic nitrogens is 3. The van der Waals surface area contributed by atoms with Crippen LogP contribution in [-0.2, 0) is 13.5 Å². The van der Waals surface area contributed by atoms with Crippen LogP contribution >= 0.6 is 11.8 Å². The molecule has 0 radical (unpaired) electrons. The maximum Gasteiger partial charge on any atom is 0.120 e. The first kappa shape index (κ1) is 22.2. The third-order valence-corrected chi connectivity index (χ3v) is 7.33. The summed E-state index contributed by atoms with van der Waals surface area (Å²) in [6.07, 6.45) is 6.71. The van der Waals surface area contributed by atoms with Crippen LogP contribution in [0.2, 0.25) is 0 Å². The van der Waals surface area contributed by atoms with Gasteiger partial charge in [-0.05, 0) is 42.3 Å². The first-order valence-corrected chi connectivity index (χ1v) is 12.2. The third kappa shape index (κ3) is 4.98. The fraction of sp³-hybridized carbons (Fsp3) is 0.222. The number of thioether (sulfide) groups is 1. The van der Waals surface area contributed by atoms with Crippen molar-refractivity contribution < 1.29 is 0 Å². The summed E-state index contributed by atoms with van der Waals surface area (Å²) in [5.74, 6) is 0. The molecule has 1 aliphatic heterocycles. The summed E-state index contributed by atoms with van der Waals surface area (Å²) in [5, 5.41) is 22.0. The van der Waals surface area contributed by atoms with Crippen LogP contribution in [0.5, 0.6) is 0 Å². The summed E-state index contributed by atoms with van der Waals surface area (Å²) < 4.78 is 1.81. The van der Waals surface area contributed by atoms with Gasteiger partial charge in [0.15, 0.2) is 0 Å². The zero-order chi connectivity index (χ0) is 23.3. The first-order chi connectivity index (χ1) is 16.7. The highest BCUT2D eigenvalue weighted by molar-refractivity contribution is 8.00. The highest BCUT2D eigenvalue weighted by Crippen LogP contribution is 2.40. The number of aryl methyl sites for hydroxylation is 1. The van der Waals surface area contributed by atoms with E-state index >= 15 is 0 Å². The van der Waals surface area contributed by atoms with Crippen molar-refractivity contribution in [3.63, 3.8) is 0 Å². The molecule has 4 aromatic rings. The molecule has 0 amide bonds. The molecule has 0 saturated carbocycles. The summed E-state index contributed by atoms with van der Waals surface area (Å²) in [4.78, 5) is 4.78. The summed E-state index contributed by atoms with van der Waals surface area (Å²) in [6, 6.07) is 23.0. The number of rotatable bonds is 7. The number of hydrogen-bond acceptors (Lipinski definition) is 6. The molecule has 1 aliphatic rings. The molecule has 2 aromatic heterocycles. The molecular formula is C27H26N6S. The zero-order valence-electron chi connectivity index (χ0n) is 19.0. The Balaban J connectivity index is 1.30. The van der Waals surface area contributed by atoms with Crippen LogP contribution in [0.3, 0.4) is 0 Å². The quantitative estimate of drug-likeness (QED) is 0.407. The zero-order valence-corrected chi connectivity index (χ0v) is 19.8. The van der Waals surface area contributed by atoms with Gasteiger partial charge in [0.1, 0.15) is 5.03 Å². The van der Waals surface area contributed by atoms with Crippen molar-refractivity contribution in [3.05, 3.63) is 95.9 Å². The molecule has 0 aliphatic carbocycles. The molecule has 7 heteroatoms. The Kier molecular flexibility index (Phi) is 6.61. The van der Waals surface area contributed by atoms with Crippen molar-refractivity contribution in [2.24, 2.45) is 7.05 Å². The number of nitrogens with one attached hydrogen (secondary N) is 2. The Labute approximate surface area is 204 Å². The number of fused-ring (bicyclic) bond motifs is 1. The minimum atomic E-state index is 0.185. The predicted molar refractivity (Wildman–Crippen MR) is 137 cm³/mol. The topological polar surface area (TPSA) is 78.6 Å². The van der Waals surface area contributed by atoms with Gasteiger partial charge in [0, 0.05) is 48.4 Å². The maximum absolute atomic E-state index is 9.01. The van der Waals surface area contributed by atoms with Crippen LogP contribution in [0.15, 0.2) is 84.3 Å². The Morgan fingerprint density at radius 1 is 1.15 bits per heavy atom. The Hall–Kier alpha value is -3.60. The van der Waals surface area contributed by atoms with Crippen molar-refractivity contribution in [2.75, 3.05) is 18.4 Å². The monoisotopic (exact) mass is 466 g/mol. The fourth-order valence-electron chi connectivity index (χ4n) is 4.22. The molecule has 3 heterocycles. The van der Waals surface area contributed by atoms with Gasteiger partial charge in [-0.15, -0.1) is 0 Å². The van der Waals surface area contributed by atoms with Crippen LogP contribution in [0.4, 0.5) is 5.69 Å². The molecule has 0 fully saturated rings. The number of benzene rings is 2. The molecule has 2 atom stereocenters.